The van der Waals surface area contributed by atoms with Gasteiger partial charge < -0.3 is 5.21 Å². The molecular weight excluding hydrogens is 322 g/mol. The number of rotatable bonds is 2. The number of fused-ring (bicyclic) bond motifs is 1. The smallest absolute Gasteiger partial charge is 0.335 e. The minimum absolute atomic E-state index is 0.0314. The van der Waals surface area contributed by atoms with Crippen molar-refractivity contribution in [3.05, 3.63) is 79.4 Å². The standard InChI is InChI=1S/C15H8ClN3O4/c16-12-4-2-1-3-10(12)15-11-7-9(19(22)23)5-6-13(11)17-14(20)8-18(15)21/h1-8H. The van der Waals surface area contributed by atoms with Crippen molar-refractivity contribution in [1.29, 1.82) is 0 Å². The molecule has 1 heterocycles. The van der Waals surface area contributed by atoms with Gasteiger partial charge >= 0.3 is 5.56 Å². The van der Waals surface area contributed by atoms with E-state index in [1.807, 2.05) is 0 Å². The largest absolute Gasteiger partial charge is 0.618 e. The van der Waals surface area contributed by atoms with Gasteiger partial charge in [-0.25, -0.2) is 4.98 Å². The number of benzene rings is 2. The molecule has 0 radical (unpaired) electrons. The van der Waals surface area contributed by atoms with E-state index in [0.717, 1.165) is 6.20 Å². The van der Waals surface area contributed by atoms with Crippen molar-refractivity contribution in [2.75, 3.05) is 0 Å². The zero-order valence-corrected chi connectivity index (χ0v) is 12.2. The van der Waals surface area contributed by atoms with Crippen molar-refractivity contribution in [3.8, 4) is 11.3 Å². The molecule has 1 aromatic heterocycles. The molecule has 0 fully saturated rings. The Morgan fingerprint density at radius 3 is 2.61 bits per heavy atom. The van der Waals surface area contributed by atoms with E-state index in [2.05, 4.69) is 4.98 Å². The summed E-state index contributed by atoms with van der Waals surface area (Å²) in [4.78, 5) is 25.9. The summed E-state index contributed by atoms with van der Waals surface area (Å²) in [5.74, 6) is 0. The molecule has 0 aliphatic carbocycles. The fourth-order valence-corrected chi connectivity index (χ4v) is 2.50. The Bertz CT molecular complexity index is 1010. The molecule has 0 spiro atoms. The maximum atomic E-state index is 12.3. The third-order valence-electron chi connectivity index (χ3n) is 3.25. The number of aromatic nitrogens is 2. The van der Waals surface area contributed by atoms with E-state index < -0.39 is 10.5 Å². The predicted octanol–water partition coefficient (Wildman–Crippen LogP) is 2.46. The molecule has 3 rings (SSSR count). The molecule has 0 aliphatic rings. The minimum atomic E-state index is -0.753. The number of nitrogens with zero attached hydrogens (tertiary/aromatic N) is 3. The molecule has 0 N–H and O–H groups in total. The van der Waals surface area contributed by atoms with Gasteiger partial charge in [0, 0.05) is 12.1 Å². The molecule has 0 bridgehead atoms. The Morgan fingerprint density at radius 1 is 1.17 bits per heavy atom. The van der Waals surface area contributed by atoms with Crippen LogP contribution in [0.5, 0.6) is 0 Å². The number of hydrogen-bond acceptors (Lipinski definition) is 5. The first kappa shape index (κ1) is 14.9. The van der Waals surface area contributed by atoms with Gasteiger partial charge in [-0.3, -0.25) is 14.9 Å². The summed E-state index contributed by atoms with van der Waals surface area (Å²) >= 11 is 6.13. The van der Waals surface area contributed by atoms with E-state index in [1.54, 1.807) is 24.3 Å². The van der Waals surface area contributed by atoms with Crippen LogP contribution in [-0.4, -0.2) is 9.91 Å². The second kappa shape index (κ2) is 5.62. The summed E-state index contributed by atoms with van der Waals surface area (Å²) in [5, 5.41) is 23.8. The topological polar surface area (TPSA) is 100 Å². The van der Waals surface area contributed by atoms with E-state index in [-0.39, 0.29) is 27.3 Å². The molecule has 0 amide bonds. The average Bonchev–Trinajstić information content (AvgIpc) is 2.62. The molecule has 2 aromatic carbocycles. The quantitative estimate of drug-likeness (QED) is 0.311. The SMILES string of the molecule is O=c1c[n+]([O-])c(-c2ccccc2Cl)c2cc([N+](=O)[O-])ccc2n1. The second-order valence-corrected chi connectivity index (χ2v) is 5.10. The van der Waals surface area contributed by atoms with Crippen LogP contribution in [-0.2, 0) is 0 Å². The fraction of sp³-hybridized carbons (Fsp3) is 0. The highest BCUT2D eigenvalue weighted by atomic mass is 35.5. The van der Waals surface area contributed by atoms with Gasteiger partial charge in [0.05, 0.1) is 26.4 Å². The van der Waals surface area contributed by atoms with Crippen molar-refractivity contribution in [2.45, 2.75) is 0 Å². The summed E-state index contributed by atoms with van der Waals surface area (Å²) in [7, 11) is 0. The van der Waals surface area contributed by atoms with E-state index >= 15 is 0 Å². The number of halogens is 1. The second-order valence-electron chi connectivity index (χ2n) is 4.69. The third-order valence-corrected chi connectivity index (χ3v) is 3.58. The molecule has 23 heavy (non-hydrogen) atoms. The first-order chi connectivity index (χ1) is 11.0. The van der Waals surface area contributed by atoms with Crippen LogP contribution in [0.4, 0.5) is 5.69 Å². The third kappa shape index (κ3) is 2.69. The number of hydrogen-bond donors (Lipinski definition) is 0. The van der Waals surface area contributed by atoms with Crippen LogP contribution in [0.25, 0.3) is 22.2 Å². The number of nitro groups is 1. The summed E-state index contributed by atoms with van der Waals surface area (Å²) < 4.78 is 0.336. The molecule has 3 aromatic rings. The maximum Gasteiger partial charge on any atom is 0.335 e. The Morgan fingerprint density at radius 2 is 1.91 bits per heavy atom. The molecular formula is C15H8ClN3O4. The van der Waals surface area contributed by atoms with Crippen molar-refractivity contribution in [3.63, 3.8) is 0 Å². The van der Waals surface area contributed by atoms with Gasteiger partial charge in [0.15, 0.2) is 0 Å². The molecule has 0 saturated heterocycles. The van der Waals surface area contributed by atoms with Crippen molar-refractivity contribution in [1.82, 2.24) is 4.98 Å². The summed E-state index contributed by atoms with van der Waals surface area (Å²) in [6, 6.07) is 10.3. The lowest BCUT2D eigenvalue weighted by Crippen LogP contribution is -2.30. The van der Waals surface area contributed by atoms with Gasteiger partial charge in [0.1, 0.15) is 0 Å². The lowest BCUT2D eigenvalue weighted by Gasteiger charge is -2.05. The Hall–Kier alpha value is -3.06. The molecule has 7 nitrogen and oxygen atoms in total. The lowest BCUT2D eigenvalue weighted by molar-refractivity contribution is -0.592. The first-order valence-corrected chi connectivity index (χ1v) is 6.83. The van der Waals surface area contributed by atoms with E-state index in [0.29, 0.717) is 10.3 Å². The van der Waals surface area contributed by atoms with Crippen molar-refractivity contribution in [2.24, 2.45) is 0 Å². The average molecular weight is 330 g/mol. The van der Waals surface area contributed by atoms with Crippen molar-refractivity contribution < 1.29 is 9.65 Å². The number of nitro benzene ring substituents is 1. The highest BCUT2D eigenvalue weighted by Gasteiger charge is 2.19. The number of non-ortho nitro benzene ring substituents is 1. The van der Waals surface area contributed by atoms with E-state index in [4.69, 9.17) is 11.6 Å². The summed E-state index contributed by atoms with van der Waals surface area (Å²) in [5.41, 5.74) is -0.413. The molecule has 8 heteroatoms. The van der Waals surface area contributed by atoms with Gasteiger partial charge in [0.25, 0.3) is 5.69 Å². The zero-order chi connectivity index (χ0) is 16.6. The Balaban J connectivity index is 2.53. The normalized spacial score (nSPS) is 10.7. The molecule has 114 valence electrons. The lowest BCUT2D eigenvalue weighted by atomic mass is 10.1. The molecule has 0 saturated carbocycles. The van der Waals surface area contributed by atoms with Crippen LogP contribution in [0.2, 0.25) is 5.02 Å². The molecule has 0 unspecified atom stereocenters. The van der Waals surface area contributed by atoms with Crippen LogP contribution in [0.15, 0.2) is 53.5 Å². The predicted molar refractivity (Wildman–Crippen MR) is 84.1 cm³/mol. The van der Waals surface area contributed by atoms with Gasteiger partial charge in [-0.1, -0.05) is 23.7 Å². The zero-order valence-electron chi connectivity index (χ0n) is 11.5. The summed E-state index contributed by atoms with van der Waals surface area (Å²) in [6.45, 7) is 0. The monoisotopic (exact) mass is 329 g/mol. The van der Waals surface area contributed by atoms with Crippen LogP contribution >= 0.6 is 11.6 Å². The minimum Gasteiger partial charge on any atom is -0.618 e. The Labute approximate surface area is 134 Å². The highest BCUT2D eigenvalue weighted by molar-refractivity contribution is 6.33. The van der Waals surface area contributed by atoms with Gasteiger partial charge in [-0.2, -0.15) is 4.73 Å². The maximum absolute atomic E-state index is 12.3. The van der Waals surface area contributed by atoms with Crippen molar-refractivity contribution >= 4 is 28.2 Å². The van der Waals surface area contributed by atoms with Crippen LogP contribution in [0, 0.1) is 15.3 Å². The fourth-order valence-electron chi connectivity index (χ4n) is 2.27. The van der Waals surface area contributed by atoms with Gasteiger partial charge in [-0.05, 0) is 18.2 Å². The van der Waals surface area contributed by atoms with Crippen LogP contribution in [0.1, 0.15) is 0 Å². The molecule has 0 atom stereocenters. The molecule has 0 aliphatic heterocycles. The van der Waals surface area contributed by atoms with Gasteiger partial charge in [-0.15, -0.1) is 0 Å². The van der Waals surface area contributed by atoms with Gasteiger partial charge in [0.2, 0.25) is 11.9 Å². The summed E-state index contributed by atoms with van der Waals surface area (Å²) in [6.07, 6.45) is 0.768. The Kier molecular flexibility index (Phi) is 3.63. The highest BCUT2D eigenvalue weighted by Crippen LogP contribution is 2.31. The first-order valence-electron chi connectivity index (χ1n) is 6.45. The van der Waals surface area contributed by atoms with E-state index in [1.165, 1.54) is 18.2 Å². The van der Waals surface area contributed by atoms with E-state index in [9.17, 15) is 20.1 Å². The van der Waals surface area contributed by atoms with Crippen LogP contribution < -0.4 is 10.3 Å². The van der Waals surface area contributed by atoms with Crippen LogP contribution in [0.3, 0.4) is 0 Å².